The summed E-state index contributed by atoms with van der Waals surface area (Å²) in [5, 5.41) is 3.60. The first-order chi connectivity index (χ1) is 15.7. The molecule has 5 nitrogen and oxygen atoms in total. The number of piperidine rings is 1. The molecular weight excluding hydrogens is 422 g/mol. The van der Waals surface area contributed by atoms with Gasteiger partial charge in [-0.05, 0) is 54.7 Å². The Hall–Kier alpha value is -3.05. The van der Waals surface area contributed by atoms with Crippen LogP contribution >= 0.6 is 11.6 Å². The van der Waals surface area contributed by atoms with Crippen molar-refractivity contribution in [2.45, 2.75) is 19.3 Å². The first kappa shape index (κ1) is 22.2. The quantitative estimate of drug-likeness (QED) is 0.525. The number of carbonyl (C=O) groups excluding carboxylic acids is 1. The number of nitrogens with zero attached hydrogens (tertiary/aromatic N) is 2. The zero-order chi connectivity index (χ0) is 22.2. The van der Waals surface area contributed by atoms with Crippen LogP contribution in [0.4, 0.5) is 5.69 Å². The Bertz CT molecular complexity index is 1010. The van der Waals surface area contributed by atoms with Crippen LogP contribution in [0.15, 0.2) is 73.1 Å². The molecule has 4 rings (SSSR count). The Kier molecular flexibility index (Phi) is 7.62. The smallest absolute Gasteiger partial charge is 0.251 e. The van der Waals surface area contributed by atoms with E-state index in [1.54, 1.807) is 18.2 Å². The maximum atomic E-state index is 12.7. The standard InChI is InChI=1S/C26H28ClN3O2/c27-24-7-6-22(18-25(24)32-17-12-20-4-2-1-3-5-20)26(31)29-19-21-10-15-30(16-11-21)23-8-13-28-14-9-23/h1-9,13-14,18,21H,10-12,15-17,19H2,(H,29,31). The van der Waals surface area contributed by atoms with E-state index < -0.39 is 0 Å². The van der Waals surface area contributed by atoms with Crippen LogP contribution in [0.5, 0.6) is 5.75 Å². The van der Waals surface area contributed by atoms with E-state index in [1.165, 1.54) is 11.3 Å². The minimum Gasteiger partial charge on any atom is -0.492 e. The molecule has 166 valence electrons. The Balaban J connectivity index is 1.25. The molecule has 2 heterocycles. The highest BCUT2D eigenvalue weighted by atomic mass is 35.5. The number of benzene rings is 2. The van der Waals surface area contributed by atoms with Crippen molar-refractivity contribution in [3.63, 3.8) is 0 Å². The van der Waals surface area contributed by atoms with Crippen LogP contribution in [0.25, 0.3) is 0 Å². The highest BCUT2D eigenvalue weighted by Crippen LogP contribution is 2.26. The Morgan fingerprint density at radius 3 is 2.56 bits per heavy atom. The van der Waals surface area contributed by atoms with E-state index in [0.717, 1.165) is 32.4 Å². The fraction of sp³-hybridized carbons (Fsp3) is 0.308. The van der Waals surface area contributed by atoms with E-state index in [0.29, 0.717) is 35.4 Å². The lowest BCUT2D eigenvalue weighted by molar-refractivity contribution is 0.0944. The molecule has 0 saturated carbocycles. The van der Waals surface area contributed by atoms with Gasteiger partial charge in [-0.15, -0.1) is 0 Å². The molecule has 2 aromatic carbocycles. The lowest BCUT2D eigenvalue weighted by Gasteiger charge is -2.33. The van der Waals surface area contributed by atoms with Gasteiger partial charge in [0.2, 0.25) is 0 Å². The molecule has 1 aliphatic rings. The minimum absolute atomic E-state index is 0.0915. The average Bonchev–Trinajstić information content (AvgIpc) is 2.85. The Morgan fingerprint density at radius 1 is 1.06 bits per heavy atom. The van der Waals surface area contributed by atoms with Crippen LogP contribution in [0, 0.1) is 5.92 Å². The molecule has 1 amide bonds. The van der Waals surface area contributed by atoms with Crippen molar-refractivity contribution in [2.24, 2.45) is 5.92 Å². The molecule has 6 heteroatoms. The van der Waals surface area contributed by atoms with Gasteiger partial charge in [-0.25, -0.2) is 0 Å². The summed E-state index contributed by atoms with van der Waals surface area (Å²) < 4.78 is 5.86. The summed E-state index contributed by atoms with van der Waals surface area (Å²) in [6.07, 6.45) is 6.54. The van der Waals surface area contributed by atoms with Crippen LogP contribution in [-0.4, -0.2) is 37.1 Å². The molecular formula is C26H28ClN3O2. The number of ether oxygens (including phenoxy) is 1. The van der Waals surface area contributed by atoms with Crippen LogP contribution < -0.4 is 15.0 Å². The van der Waals surface area contributed by atoms with Crippen molar-refractivity contribution >= 4 is 23.2 Å². The normalized spacial score (nSPS) is 14.2. The maximum absolute atomic E-state index is 12.7. The first-order valence-corrected chi connectivity index (χ1v) is 11.5. The van der Waals surface area contributed by atoms with Gasteiger partial charge < -0.3 is 15.0 Å². The Labute approximate surface area is 194 Å². The molecule has 1 saturated heterocycles. The lowest BCUT2D eigenvalue weighted by Crippen LogP contribution is -2.38. The first-order valence-electron chi connectivity index (χ1n) is 11.1. The summed E-state index contributed by atoms with van der Waals surface area (Å²) >= 11 is 6.28. The number of hydrogen-bond donors (Lipinski definition) is 1. The third kappa shape index (κ3) is 6.01. The van der Waals surface area contributed by atoms with Crippen LogP contribution in [0.2, 0.25) is 5.02 Å². The molecule has 0 spiro atoms. The predicted molar refractivity (Wildman–Crippen MR) is 129 cm³/mol. The van der Waals surface area contributed by atoms with Crippen molar-refractivity contribution in [2.75, 3.05) is 31.1 Å². The number of anilines is 1. The topological polar surface area (TPSA) is 54.5 Å². The number of amides is 1. The monoisotopic (exact) mass is 449 g/mol. The highest BCUT2D eigenvalue weighted by molar-refractivity contribution is 6.32. The zero-order valence-corrected chi connectivity index (χ0v) is 18.8. The van der Waals surface area contributed by atoms with Crippen LogP contribution in [0.3, 0.4) is 0 Å². The SMILES string of the molecule is O=C(NCC1CCN(c2ccncc2)CC1)c1ccc(Cl)c(OCCc2ccccc2)c1. The molecule has 0 unspecified atom stereocenters. The van der Waals surface area contributed by atoms with Crippen molar-refractivity contribution in [3.8, 4) is 5.75 Å². The van der Waals surface area contributed by atoms with Crippen molar-refractivity contribution in [3.05, 3.63) is 89.2 Å². The highest BCUT2D eigenvalue weighted by Gasteiger charge is 2.20. The second kappa shape index (κ2) is 11.0. The number of halogens is 1. The molecule has 1 N–H and O–H groups in total. The molecule has 0 atom stereocenters. The Morgan fingerprint density at radius 2 is 1.81 bits per heavy atom. The fourth-order valence-electron chi connectivity index (χ4n) is 3.97. The third-order valence-corrected chi connectivity index (χ3v) is 6.19. The molecule has 1 aliphatic heterocycles. The van der Waals surface area contributed by atoms with Gasteiger partial charge in [0, 0.05) is 49.7 Å². The van der Waals surface area contributed by atoms with Gasteiger partial charge in [0.25, 0.3) is 5.91 Å². The van der Waals surface area contributed by atoms with Crippen molar-refractivity contribution < 1.29 is 9.53 Å². The second-order valence-corrected chi connectivity index (χ2v) is 8.48. The predicted octanol–water partition coefficient (Wildman–Crippen LogP) is 5.00. The van der Waals surface area contributed by atoms with Gasteiger partial charge in [-0.3, -0.25) is 9.78 Å². The molecule has 32 heavy (non-hydrogen) atoms. The average molecular weight is 450 g/mol. The minimum atomic E-state index is -0.0915. The largest absolute Gasteiger partial charge is 0.492 e. The van der Waals surface area contributed by atoms with E-state index in [-0.39, 0.29) is 5.91 Å². The molecule has 0 bridgehead atoms. The van der Waals surface area contributed by atoms with E-state index in [1.807, 2.05) is 42.7 Å². The van der Waals surface area contributed by atoms with Gasteiger partial charge >= 0.3 is 0 Å². The summed E-state index contributed by atoms with van der Waals surface area (Å²) in [4.78, 5) is 19.2. The number of hydrogen-bond acceptors (Lipinski definition) is 4. The van der Waals surface area contributed by atoms with Crippen molar-refractivity contribution in [1.29, 1.82) is 0 Å². The van der Waals surface area contributed by atoms with Gasteiger partial charge in [0.15, 0.2) is 0 Å². The summed E-state index contributed by atoms with van der Waals surface area (Å²) in [5.41, 5.74) is 2.98. The van der Waals surface area contributed by atoms with Crippen molar-refractivity contribution in [1.82, 2.24) is 10.3 Å². The number of rotatable bonds is 8. The van der Waals surface area contributed by atoms with E-state index >= 15 is 0 Å². The lowest BCUT2D eigenvalue weighted by atomic mass is 9.96. The van der Waals surface area contributed by atoms with E-state index in [2.05, 4.69) is 27.3 Å². The van der Waals surface area contributed by atoms with Gasteiger partial charge in [0.1, 0.15) is 5.75 Å². The zero-order valence-electron chi connectivity index (χ0n) is 18.0. The number of aromatic nitrogens is 1. The molecule has 0 aliphatic carbocycles. The third-order valence-electron chi connectivity index (χ3n) is 5.88. The van der Waals surface area contributed by atoms with Crippen LogP contribution in [0.1, 0.15) is 28.8 Å². The summed E-state index contributed by atoms with van der Waals surface area (Å²) in [6.45, 7) is 3.16. The number of pyridine rings is 1. The fourth-order valence-corrected chi connectivity index (χ4v) is 4.14. The molecule has 1 aromatic heterocycles. The van der Waals surface area contributed by atoms with E-state index in [4.69, 9.17) is 16.3 Å². The van der Waals surface area contributed by atoms with Crippen LogP contribution in [-0.2, 0) is 6.42 Å². The molecule has 0 radical (unpaired) electrons. The van der Waals surface area contributed by atoms with Gasteiger partial charge in [-0.1, -0.05) is 41.9 Å². The van der Waals surface area contributed by atoms with Gasteiger partial charge in [0.05, 0.1) is 11.6 Å². The van der Waals surface area contributed by atoms with Gasteiger partial charge in [-0.2, -0.15) is 0 Å². The number of carbonyl (C=O) groups is 1. The molecule has 3 aromatic rings. The number of nitrogens with one attached hydrogen (secondary N) is 1. The van der Waals surface area contributed by atoms with E-state index in [9.17, 15) is 4.79 Å². The summed E-state index contributed by atoms with van der Waals surface area (Å²) in [6, 6.07) is 19.4. The summed E-state index contributed by atoms with van der Waals surface area (Å²) in [7, 11) is 0. The molecule has 1 fully saturated rings. The second-order valence-electron chi connectivity index (χ2n) is 8.08. The maximum Gasteiger partial charge on any atom is 0.251 e. The summed E-state index contributed by atoms with van der Waals surface area (Å²) in [5.74, 6) is 0.929.